The van der Waals surface area contributed by atoms with Crippen molar-refractivity contribution in [3.8, 4) is 0 Å². The zero-order valence-corrected chi connectivity index (χ0v) is 11.6. The molecule has 2 fully saturated rings. The van der Waals surface area contributed by atoms with Crippen molar-refractivity contribution in [1.82, 2.24) is 0 Å². The summed E-state index contributed by atoms with van der Waals surface area (Å²) >= 11 is 0. The van der Waals surface area contributed by atoms with Crippen molar-refractivity contribution >= 4 is 8.32 Å². The summed E-state index contributed by atoms with van der Waals surface area (Å²) in [4.78, 5) is 0. The van der Waals surface area contributed by atoms with Crippen molar-refractivity contribution < 1.29 is 9.53 Å². The number of hydrogen-bond donors (Lipinski definition) is 1. The third-order valence-electron chi connectivity index (χ3n) is 4.60. The molecule has 0 aromatic carbocycles. The van der Waals surface area contributed by atoms with Gasteiger partial charge >= 0.3 is 0 Å². The molecule has 88 valence electrons. The lowest BCUT2D eigenvalue weighted by Gasteiger charge is -2.38. The standard InChI is InChI=1S/C12H24O2Si/c1-11(2,3)15(4,5)14-10-6-9-7-12(9,13)8-10/h9-10,13H,6-8H2,1-5H3/t9?,10-,12?/m0/s1. The Balaban J connectivity index is 1.93. The average Bonchev–Trinajstić information content (AvgIpc) is 2.47. The fourth-order valence-electron chi connectivity index (χ4n) is 2.40. The van der Waals surface area contributed by atoms with Crippen LogP contribution in [0.3, 0.4) is 0 Å². The lowest BCUT2D eigenvalue weighted by atomic mass is 10.2. The van der Waals surface area contributed by atoms with Gasteiger partial charge in [-0.25, -0.2) is 0 Å². The molecule has 0 saturated heterocycles. The van der Waals surface area contributed by atoms with Gasteiger partial charge in [0.1, 0.15) is 0 Å². The van der Waals surface area contributed by atoms with Gasteiger partial charge in [0.2, 0.25) is 0 Å². The summed E-state index contributed by atoms with van der Waals surface area (Å²) in [5, 5.41) is 10.3. The van der Waals surface area contributed by atoms with E-state index in [1.807, 2.05) is 0 Å². The first kappa shape index (κ1) is 11.6. The van der Waals surface area contributed by atoms with E-state index in [1.165, 1.54) is 0 Å². The van der Waals surface area contributed by atoms with Gasteiger partial charge in [0.25, 0.3) is 0 Å². The fourth-order valence-corrected chi connectivity index (χ4v) is 3.77. The predicted octanol–water partition coefficient (Wildman–Crippen LogP) is 2.92. The van der Waals surface area contributed by atoms with E-state index >= 15 is 0 Å². The van der Waals surface area contributed by atoms with Gasteiger partial charge in [0.15, 0.2) is 8.32 Å². The second kappa shape index (κ2) is 3.08. The molecular weight excluding hydrogens is 204 g/mol. The molecule has 2 rings (SSSR count). The van der Waals surface area contributed by atoms with Gasteiger partial charge in [-0.1, -0.05) is 20.8 Å². The highest BCUT2D eigenvalue weighted by Gasteiger charge is 2.60. The molecule has 0 aliphatic heterocycles. The number of fused-ring (bicyclic) bond motifs is 1. The summed E-state index contributed by atoms with van der Waals surface area (Å²) in [6.45, 7) is 11.4. The van der Waals surface area contributed by atoms with Crippen LogP contribution in [0.2, 0.25) is 18.1 Å². The minimum Gasteiger partial charge on any atom is -0.414 e. The van der Waals surface area contributed by atoms with E-state index in [0.717, 1.165) is 19.3 Å². The molecule has 15 heavy (non-hydrogen) atoms. The molecular formula is C12H24O2Si. The highest BCUT2D eigenvalue weighted by Crippen LogP contribution is 2.57. The van der Waals surface area contributed by atoms with Gasteiger partial charge in [-0.2, -0.15) is 0 Å². The summed E-state index contributed by atoms with van der Waals surface area (Å²) < 4.78 is 6.31. The van der Waals surface area contributed by atoms with Crippen LogP contribution in [0.5, 0.6) is 0 Å². The van der Waals surface area contributed by atoms with Crippen LogP contribution in [0, 0.1) is 5.92 Å². The molecule has 2 aliphatic rings. The first-order valence-corrected chi connectivity index (χ1v) is 8.95. The second-order valence-electron chi connectivity index (χ2n) is 6.94. The normalized spacial score (nSPS) is 40.4. The molecule has 2 unspecified atom stereocenters. The largest absolute Gasteiger partial charge is 0.414 e. The van der Waals surface area contributed by atoms with E-state index < -0.39 is 8.32 Å². The Labute approximate surface area is 94.2 Å². The van der Waals surface area contributed by atoms with E-state index in [4.69, 9.17) is 4.43 Å². The fraction of sp³-hybridized carbons (Fsp3) is 1.00. The van der Waals surface area contributed by atoms with Gasteiger partial charge in [0, 0.05) is 12.5 Å². The average molecular weight is 228 g/mol. The Bertz CT molecular complexity index is 269. The van der Waals surface area contributed by atoms with Gasteiger partial charge in [-0.05, 0) is 36.9 Å². The Morgan fingerprint density at radius 2 is 1.87 bits per heavy atom. The second-order valence-corrected chi connectivity index (χ2v) is 11.7. The highest BCUT2D eigenvalue weighted by molar-refractivity contribution is 6.74. The zero-order chi connectivity index (χ0) is 11.5. The highest BCUT2D eigenvalue weighted by atomic mass is 28.4. The maximum Gasteiger partial charge on any atom is 0.192 e. The maximum absolute atomic E-state index is 9.97. The van der Waals surface area contributed by atoms with E-state index in [9.17, 15) is 5.11 Å². The van der Waals surface area contributed by atoms with Crippen LogP contribution in [-0.2, 0) is 4.43 Å². The summed E-state index contributed by atoms with van der Waals surface area (Å²) in [6, 6.07) is 0. The molecule has 0 aromatic heterocycles. The van der Waals surface area contributed by atoms with Gasteiger partial charge in [-0.3, -0.25) is 0 Å². The summed E-state index contributed by atoms with van der Waals surface area (Å²) in [6.07, 6.45) is 3.31. The first-order valence-electron chi connectivity index (χ1n) is 6.04. The Morgan fingerprint density at radius 1 is 1.27 bits per heavy atom. The van der Waals surface area contributed by atoms with E-state index in [1.54, 1.807) is 0 Å². The predicted molar refractivity (Wildman–Crippen MR) is 64.4 cm³/mol. The van der Waals surface area contributed by atoms with Crippen molar-refractivity contribution in [1.29, 1.82) is 0 Å². The molecule has 1 N–H and O–H groups in total. The minimum absolute atomic E-state index is 0.280. The third-order valence-corrected chi connectivity index (χ3v) is 9.13. The van der Waals surface area contributed by atoms with Gasteiger partial charge < -0.3 is 9.53 Å². The molecule has 0 spiro atoms. The molecule has 2 saturated carbocycles. The van der Waals surface area contributed by atoms with Crippen LogP contribution in [-0.4, -0.2) is 25.1 Å². The van der Waals surface area contributed by atoms with Crippen LogP contribution < -0.4 is 0 Å². The zero-order valence-electron chi connectivity index (χ0n) is 10.6. The Morgan fingerprint density at radius 3 is 2.27 bits per heavy atom. The van der Waals surface area contributed by atoms with Crippen LogP contribution in [0.4, 0.5) is 0 Å². The topological polar surface area (TPSA) is 29.5 Å². The molecule has 2 nitrogen and oxygen atoms in total. The SMILES string of the molecule is CC(C)(C)[Si](C)(C)O[C@H]1CC2CC2(O)C1. The third kappa shape index (κ3) is 2.02. The molecule has 3 atom stereocenters. The van der Waals surface area contributed by atoms with Gasteiger partial charge in [0.05, 0.1) is 5.60 Å². The number of hydrogen-bond acceptors (Lipinski definition) is 2. The lowest BCUT2D eigenvalue weighted by Crippen LogP contribution is -2.43. The Kier molecular flexibility index (Phi) is 2.39. The quantitative estimate of drug-likeness (QED) is 0.736. The molecule has 0 heterocycles. The molecule has 3 heteroatoms. The van der Waals surface area contributed by atoms with Crippen molar-refractivity contribution in [2.75, 3.05) is 0 Å². The molecule has 0 radical (unpaired) electrons. The maximum atomic E-state index is 9.97. The molecule has 0 bridgehead atoms. The lowest BCUT2D eigenvalue weighted by molar-refractivity contribution is 0.101. The van der Waals surface area contributed by atoms with Crippen LogP contribution in [0.15, 0.2) is 0 Å². The Hall–Kier alpha value is 0.137. The summed E-state index contributed by atoms with van der Waals surface area (Å²) in [5.41, 5.74) is -0.326. The monoisotopic (exact) mass is 228 g/mol. The van der Waals surface area contributed by atoms with Crippen LogP contribution >= 0.6 is 0 Å². The van der Waals surface area contributed by atoms with Crippen molar-refractivity contribution in [2.24, 2.45) is 5.92 Å². The van der Waals surface area contributed by atoms with E-state index in [2.05, 4.69) is 33.9 Å². The number of aliphatic hydroxyl groups is 1. The summed E-state index contributed by atoms with van der Waals surface area (Å²) in [7, 11) is -1.62. The minimum atomic E-state index is -1.62. The van der Waals surface area contributed by atoms with Crippen LogP contribution in [0.25, 0.3) is 0 Å². The van der Waals surface area contributed by atoms with E-state index in [0.29, 0.717) is 12.0 Å². The van der Waals surface area contributed by atoms with Crippen molar-refractivity contribution in [3.63, 3.8) is 0 Å². The summed E-state index contributed by atoms with van der Waals surface area (Å²) in [5.74, 6) is 0.548. The molecule has 0 amide bonds. The molecule has 0 aromatic rings. The van der Waals surface area contributed by atoms with Crippen molar-refractivity contribution in [2.45, 2.75) is 69.9 Å². The number of rotatable bonds is 2. The first-order chi connectivity index (χ1) is 6.64. The smallest absolute Gasteiger partial charge is 0.192 e. The molecule has 2 aliphatic carbocycles. The van der Waals surface area contributed by atoms with Crippen molar-refractivity contribution in [3.05, 3.63) is 0 Å². The van der Waals surface area contributed by atoms with E-state index in [-0.39, 0.29) is 10.6 Å². The van der Waals surface area contributed by atoms with Gasteiger partial charge in [-0.15, -0.1) is 0 Å². The van der Waals surface area contributed by atoms with Crippen LogP contribution in [0.1, 0.15) is 40.0 Å².